The number of rotatable bonds is 6. The zero-order valence-electron chi connectivity index (χ0n) is 19.1. The van der Waals surface area contributed by atoms with Crippen molar-refractivity contribution < 1.29 is 9.53 Å². The normalized spacial score (nSPS) is 28.4. The average molecular weight is 456 g/mol. The lowest BCUT2D eigenvalue weighted by Gasteiger charge is -2.38. The molecule has 0 aromatic heterocycles. The number of anilines is 1. The highest BCUT2D eigenvalue weighted by molar-refractivity contribution is 6.01. The second kappa shape index (κ2) is 9.42. The lowest BCUT2D eigenvalue weighted by atomic mass is 9.88. The van der Waals surface area contributed by atoms with Crippen LogP contribution in [-0.4, -0.2) is 32.1 Å². The molecule has 1 aliphatic carbocycles. The minimum atomic E-state index is 0. The minimum Gasteiger partial charge on any atom is -0.496 e. The van der Waals surface area contributed by atoms with Gasteiger partial charge in [-0.25, -0.2) is 0 Å². The second-order valence-corrected chi connectivity index (χ2v) is 9.29. The van der Waals surface area contributed by atoms with Crippen molar-refractivity contribution in [2.75, 3.05) is 19.1 Å². The molecule has 0 spiro atoms. The molecule has 2 N–H and O–H groups in total. The van der Waals surface area contributed by atoms with Gasteiger partial charge in [0.1, 0.15) is 5.75 Å². The Hall–Kier alpha value is -2.08. The molecule has 5 nitrogen and oxygen atoms in total. The van der Waals surface area contributed by atoms with Crippen LogP contribution in [0.4, 0.5) is 5.69 Å². The quantitative estimate of drug-likeness (QED) is 0.670. The van der Waals surface area contributed by atoms with Gasteiger partial charge in [-0.1, -0.05) is 37.3 Å². The smallest absolute Gasteiger partial charge is 0.230 e. The van der Waals surface area contributed by atoms with E-state index in [2.05, 4.69) is 60.0 Å². The van der Waals surface area contributed by atoms with Gasteiger partial charge in [0.05, 0.1) is 7.11 Å². The lowest BCUT2D eigenvalue weighted by Crippen LogP contribution is -2.49. The lowest BCUT2D eigenvalue weighted by molar-refractivity contribution is -0.119. The first-order valence-electron chi connectivity index (χ1n) is 11.6. The highest BCUT2D eigenvalue weighted by atomic mass is 35.5. The van der Waals surface area contributed by atoms with Gasteiger partial charge in [-0.15, -0.1) is 12.4 Å². The van der Waals surface area contributed by atoms with E-state index >= 15 is 0 Å². The number of amides is 1. The van der Waals surface area contributed by atoms with E-state index in [0.29, 0.717) is 24.0 Å². The van der Waals surface area contributed by atoms with Crippen LogP contribution in [0.3, 0.4) is 0 Å². The third kappa shape index (κ3) is 4.14. The molecule has 172 valence electrons. The van der Waals surface area contributed by atoms with E-state index < -0.39 is 0 Å². The first-order valence-corrected chi connectivity index (χ1v) is 11.6. The molecule has 0 radical (unpaired) electrons. The number of nitrogens with one attached hydrogen (secondary N) is 2. The fourth-order valence-electron chi connectivity index (χ4n) is 5.49. The molecule has 6 heteroatoms. The first-order chi connectivity index (χ1) is 15.1. The zero-order valence-corrected chi connectivity index (χ0v) is 20.0. The number of hydrogen-bond donors (Lipinski definition) is 2. The van der Waals surface area contributed by atoms with E-state index in [4.69, 9.17) is 4.74 Å². The summed E-state index contributed by atoms with van der Waals surface area (Å²) in [5.74, 6) is 1.74. The second-order valence-electron chi connectivity index (χ2n) is 9.29. The average Bonchev–Trinajstić information content (AvgIpc) is 3.62. The summed E-state index contributed by atoms with van der Waals surface area (Å²) in [6.07, 6.45) is 4.44. The zero-order chi connectivity index (χ0) is 21.5. The fourth-order valence-corrected chi connectivity index (χ4v) is 5.49. The summed E-state index contributed by atoms with van der Waals surface area (Å²) in [6.45, 7) is 2.98. The Balaban J connectivity index is 0.00000245. The van der Waals surface area contributed by atoms with Crippen molar-refractivity contribution in [3.8, 4) is 5.75 Å². The molecule has 2 aromatic carbocycles. The molecule has 3 aliphatic rings. The Labute approximate surface area is 197 Å². The maximum atomic E-state index is 12.5. The molecule has 2 heterocycles. The van der Waals surface area contributed by atoms with Crippen LogP contribution in [0.2, 0.25) is 0 Å². The van der Waals surface area contributed by atoms with Crippen molar-refractivity contribution >= 4 is 24.0 Å². The van der Waals surface area contributed by atoms with Crippen LogP contribution in [0.1, 0.15) is 61.3 Å². The highest BCUT2D eigenvalue weighted by Gasteiger charge is 2.50. The number of fused-ring (bicyclic) bond motifs is 3. The van der Waals surface area contributed by atoms with E-state index in [1.807, 2.05) is 11.9 Å². The minimum absolute atomic E-state index is 0. The van der Waals surface area contributed by atoms with Crippen molar-refractivity contribution in [3.63, 3.8) is 0 Å². The third-order valence-corrected chi connectivity index (χ3v) is 7.48. The molecule has 1 amide bonds. The van der Waals surface area contributed by atoms with Crippen LogP contribution in [0, 0.1) is 5.92 Å². The van der Waals surface area contributed by atoms with Crippen molar-refractivity contribution in [1.82, 2.24) is 10.6 Å². The van der Waals surface area contributed by atoms with Crippen LogP contribution in [0.15, 0.2) is 42.5 Å². The van der Waals surface area contributed by atoms with E-state index in [-0.39, 0.29) is 24.2 Å². The Morgan fingerprint density at radius 1 is 1.16 bits per heavy atom. The standard InChI is InChI=1S/C26H33N3O2.ClH/c1-4-18-10-11-22(25(28-18)16-8-6-5-7-9-16)27-15-17-12-23-20(14-24(17)31-3)19-13-21(19)26(30)29(23)2;/h5-9,12,14,18-19,21-22,25,27-28H,4,10-11,13,15H2,1-3H3;1H/t18?,19-,21-,22?,25?;/m0./s1. The topological polar surface area (TPSA) is 53.6 Å². The number of halogens is 1. The van der Waals surface area contributed by atoms with Crippen LogP contribution < -0.4 is 20.3 Å². The Bertz CT molecular complexity index is 967. The molecule has 5 rings (SSSR count). The predicted molar refractivity (Wildman–Crippen MR) is 131 cm³/mol. The summed E-state index contributed by atoms with van der Waals surface area (Å²) in [4.78, 5) is 14.4. The number of carbonyl (C=O) groups is 1. The summed E-state index contributed by atoms with van der Waals surface area (Å²) < 4.78 is 5.77. The maximum absolute atomic E-state index is 12.5. The summed E-state index contributed by atoms with van der Waals surface area (Å²) >= 11 is 0. The molecule has 1 saturated heterocycles. The number of nitrogens with zero attached hydrogens (tertiary/aromatic N) is 1. The van der Waals surface area contributed by atoms with Crippen molar-refractivity contribution in [3.05, 3.63) is 59.2 Å². The summed E-state index contributed by atoms with van der Waals surface area (Å²) in [5, 5.41) is 7.68. The van der Waals surface area contributed by atoms with Gasteiger partial charge in [-0.05, 0) is 54.9 Å². The molecule has 2 aromatic rings. The molecule has 1 saturated carbocycles. The van der Waals surface area contributed by atoms with E-state index in [1.165, 1.54) is 17.5 Å². The number of carbonyl (C=O) groups excluding carboxylic acids is 1. The van der Waals surface area contributed by atoms with Crippen LogP contribution in [0.5, 0.6) is 5.75 Å². The number of methoxy groups -OCH3 is 1. The maximum Gasteiger partial charge on any atom is 0.230 e. The SMILES string of the molecule is CCC1CCC(NCc2cc3c(cc2OC)[C@@H]2C[C@@H]2C(=O)N3C)C(c2ccccc2)N1.Cl. The van der Waals surface area contributed by atoms with Gasteiger partial charge >= 0.3 is 0 Å². The Morgan fingerprint density at radius 2 is 1.94 bits per heavy atom. The highest BCUT2D eigenvalue weighted by Crippen LogP contribution is 2.56. The van der Waals surface area contributed by atoms with Gasteiger partial charge in [0.15, 0.2) is 0 Å². The Kier molecular flexibility index (Phi) is 6.80. The number of piperidine rings is 1. The van der Waals surface area contributed by atoms with Crippen molar-refractivity contribution in [1.29, 1.82) is 0 Å². The van der Waals surface area contributed by atoms with Crippen LogP contribution in [-0.2, 0) is 11.3 Å². The van der Waals surface area contributed by atoms with Crippen LogP contribution >= 0.6 is 12.4 Å². The van der Waals surface area contributed by atoms with E-state index in [0.717, 1.165) is 42.8 Å². The molecule has 2 fully saturated rings. The van der Waals surface area contributed by atoms with Gasteiger partial charge in [0, 0.05) is 48.9 Å². The monoisotopic (exact) mass is 455 g/mol. The van der Waals surface area contributed by atoms with Crippen molar-refractivity contribution in [2.24, 2.45) is 5.92 Å². The van der Waals surface area contributed by atoms with Gasteiger partial charge in [-0.2, -0.15) is 0 Å². The summed E-state index contributed by atoms with van der Waals surface area (Å²) in [6, 6.07) is 16.3. The third-order valence-electron chi connectivity index (χ3n) is 7.48. The predicted octanol–water partition coefficient (Wildman–Crippen LogP) is 4.56. The van der Waals surface area contributed by atoms with Gasteiger partial charge < -0.3 is 20.3 Å². The molecular weight excluding hydrogens is 422 g/mol. The van der Waals surface area contributed by atoms with Gasteiger partial charge in [0.2, 0.25) is 5.91 Å². The largest absolute Gasteiger partial charge is 0.496 e. The number of ether oxygens (including phenoxy) is 1. The molecular formula is C26H34ClN3O2. The van der Waals surface area contributed by atoms with Crippen molar-refractivity contribution in [2.45, 2.75) is 63.2 Å². The Morgan fingerprint density at radius 3 is 2.66 bits per heavy atom. The van der Waals surface area contributed by atoms with Gasteiger partial charge in [0.25, 0.3) is 0 Å². The summed E-state index contributed by atoms with van der Waals surface area (Å²) in [7, 11) is 3.65. The first kappa shape index (κ1) is 23.1. The van der Waals surface area contributed by atoms with Gasteiger partial charge in [-0.3, -0.25) is 4.79 Å². The number of benzene rings is 2. The van der Waals surface area contributed by atoms with Crippen LogP contribution in [0.25, 0.3) is 0 Å². The molecule has 3 unspecified atom stereocenters. The van der Waals surface area contributed by atoms with E-state index in [1.54, 1.807) is 7.11 Å². The van der Waals surface area contributed by atoms with E-state index in [9.17, 15) is 4.79 Å². The summed E-state index contributed by atoms with van der Waals surface area (Å²) in [5.41, 5.74) is 4.76. The number of hydrogen-bond acceptors (Lipinski definition) is 4. The fraction of sp³-hybridized carbons (Fsp3) is 0.500. The molecule has 32 heavy (non-hydrogen) atoms. The molecule has 2 aliphatic heterocycles. The molecule has 0 bridgehead atoms. The molecule has 5 atom stereocenters.